The molecule has 4 nitrogen and oxygen atoms in total. The van der Waals surface area contributed by atoms with E-state index in [0.717, 1.165) is 31.8 Å². The molecule has 0 bridgehead atoms. The van der Waals surface area contributed by atoms with Gasteiger partial charge in [-0.25, -0.2) is 0 Å². The van der Waals surface area contributed by atoms with Crippen LogP contribution in [0.4, 0.5) is 0 Å². The minimum Gasteiger partial charge on any atom is -0.373 e. The number of hydrogen-bond acceptors (Lipinski definition) is 3. The van der Waals surface area contributed by atoms with Gasteiger partial charge in [0.25, 0.3) is 0 Å². The Balaban J connectivity index is 2.04. The molecule has 0 aromatic rings. The van der Waals surface area contributed by atoms with E-state index in [1.54, 1.807) is 0 Å². The van der Waals surface area contributed by atoms with Crippen LogP contribution in [-0.4, -0.2) is 31.4 Å². The molecule has 0 saturated carbocycles. The summed E-state index contributed by atoms with van der Waals surface area (Å²) in [5.41, 5.74) is 0. The lowest BCUT2D eigenvalue weighted by Gasteiger charge is -2.13. The number of amidine groups is 1. The molecule has 1 heterocycles. The molecule has 0 radical (unpaired) electrons. The minimum absolute atomic E-state index is 0.126. The van der Waals surface area contributed by atoms with Gasteiger partial charge in [-0.3, -0.25) is 9.79 Å². The highest BCUT2D eigenvalue weighted by Gasteiger charge is 2.05. The Kier molecular flexibility index (Phi) is 5.81. The zero-order valence-electron chi connectivity index (χ0n) is 9.51. The Labute approximate surface area is 91.5 Å². The normalized spacial score (nSPS) is 15.7. The lowest BCUT2D eigenvalue weighted by molar-refractivity contribution is -0.120. The maximum absolute atomic E-state index is 11.3. The van der Waals surface area contributed by atoms with Gasteiger partial charge in [0.2, 0.25) is 5.91 Å². The van der Waals surface area contributed by atoms with Gasteiger partial charge < -0.3 is 10.6 Å². The minimum atomic E-state index is 0.126. The van der Waals surface area contributed by atoms with Crippen molar-refractivity contribution in [1.82, 2.24) is 10.6 Å². The third-order valence-corrected chi connectivity index (χ3v) is 2.38. The molecule has 86 valence electrons. The van der Waals surface area contributed by atoms with Crippen LogP contribution in [0.2, 0.25) is 0 Å². The van der Waals surface area contributed by atoms with Crippen molar-refractivity contribution in [2.45, 2.75) is 39.0 Å². The fraction of sp³-hybridized carbons (Fsp3) is 0.818. The highest BCUT2D eigenvalue weighted by atomic mass is 16.1. The Morgan fingerprint density at radius 2 is 2.27 bits per heavy atom. The van der Waals surface area contributed by atoms with E-state index >= 15 is 0 Å². The molecular formula is C11H21N3O. The van der Waals surface area contributed by atoms with Crippen molar-refractivity contribution in [1.29, 1.82) is 0 Å². The summed E-state index contributed by atoms with van der Waals surface area (Å²) in [6.45, 7) is 4.47. The van der Waals surface area contributed by atoms with Gasteiger partial charge in [0.15, 0.2) is 0 Å². The summed E-state index contributed by atoms with van der Waals surface area (Å²) in [4.78, 5) is 15.6. The lowest BCUT2D eigenvalue weighted by atomic mass is 10.2. The molecule has 15 heavy (non-hydrogen) atoms. The average molecular weight is 211 g/mol. The second kappa shape index (κ2) is 7.26. The van der Waals surface area contributed by atoms with Gasteiger partial charge in [0.05, 0.1) is 5.84 Å². The Morgan fingerprint density at radius 1 is 1.40 bits per heavy atom. The Morgan fingerprint density at radius 3 is 2.93 bits per heavy atom. The summed E-state index contributed by atoms with van der Waals surface area (Å²) < 4.78 is 0. The van der Waals surface area contributed by atoms with Crippen molar-refractivity contribution >= 4 is 11.7 Å². The van der Waals surface area contributed by atoms with Crippen molar-refractivity contribution in [3.63, 3.8) is 0 Å². The number of hydrogen-bond donors (Lipinski definition) is 2. The number of rotatable bonds is 5. The molecule has 0 aromatic carbocycles. The van der Waals surface area contributed by atoms with E-state index in [1.165, 1.54) is 12.8 Å². The summed E-state index contributed by atoms with van der Waals surface area (Å²) in [5.74, 6) is 1.20. The number of nitrogens with zero attached hydrogens (tertiary/aromatic N) is 1. The first kappa shape index (κ1) is 12.0. The van der Waals surface area contributed by atoms with E-state index in [2.05, 4.69) is 22.5 Å². The SMILES string of the molecule is CCCNC(=O)CCNC1=NCCCC1. The number of aliphatic imine (C=N–C) groups is 1. The fourth-order valence-electron chi connectivity index (χ4n) is 1.51. The highest BCUT2D eigenvalue weighted by Crippen LogP contribution is 2.03. The van der Waals surface area contributed by atoms with Crippen LogP contribution < -0.4 is 10.6 Å². The fourth-order valence-corrected chi connectivity index (χ4v) is 1.51. The summed E-state index contributed by atoms with van der Waals surface area (Å²) >= 11 is 0. The molecule has 0 unspecified atom stereocenters. The highest BCUT2D eigenvalue weighted by molar-refractivity contribution is 5.83. The molecule has 1 aliphatic rings. The molecule has 0 fully saturated rings. The maximum Gasteiger partial charge on any atom is 0.221 e. The predicted molar refractivity (Wildman–Crippen MR) is 62.1 cm³/mol. The molecule has 0 saturated heterocycles. The second-order valence-corrected chi connectivity index (χ2v) is 3.81. The van der Waals surface area contributed by atoms with E-state index in [1.807, 2.05) is 0 Å². The molecule has 0 aromatic heterocycles. The van der Waals surface area contributed by atoms with Crippen molar-refractivity contribution in [3.8, 4) is 0 Å². The first-order valence-electron chi connectivity index (χ1n) is 5.87. The predicted octanol–water partition coefficient (Wildman–Crippen LogP) is 1.07. The van der Waals surface area contributed by atoms with Gasteiger partial charge in [-0.05, 0) is 19.3 Å². The van der Waals surface area contributed by atoms with Crippen LogP contribution in [0.1, 0.15) is 39.0 Å². The van der Waals surface area contributed by atoms with Crippen LogP contribution in [0.25, 0.3) is 0 Å². The molecule has 0 aliphatic carbocycles. The van der Waals surface area contributed by atoms with Gasteiger partial charge >= 0.3 is 0 Å². The van der Waals surface area contributed by atoms with E-state index in [4.69, 9.17) is 0 Å². The average Bonchev–Trinajstić information content (AvgIpc) is 2.28. The van der Waals surface area contributed by atoms with Crippen molar-refractivity contribution < 1.29 is 4.79 Å². The molecule has 2 N–H and O–H groups in total. The van der Waals surface area contributed by atoms with Gasteiger partial charge in [0, 0.05) is 32.5 Å². The molecule has 1 rings (SSSR count). The van der Waals surface area contributed by atoms with Crippen LogP contribution in [0.15, 0.2) is 4.99 Å². The zero-order valence-corrected chi connectivity index (χ0v) is 9.51. The first-order valence-corrected chi connectivity index (χ1v) is 5.87. The van der Waals surface area contributed by atoms with Gasteiger partial charge in [-0.1, -0.05) is 6.92 Å². The van der Waals surface area contributed by atoms with Gasteiger partial charge in [-0.15, -0.1) is 0 Å². The van der Waals surface area contributed by atoms with E-state index in [9.17, 15) is 4.79 Å². The van der Waals surface area contributed by atoms with Gasteiger partial charge in [-0.2, -0.15) is 0 Å². The number of amides is 1. The van der Waals surface area contributed by atoms with E-state index in [0.29, 0.717) is 13.0 Å². The number of nitrogens with one attached hydrogen (secondary N) is 2. The molecular weight excluding hydrogens is 190 g/mol. The first-order chi connectivity index (χ1) is 7.33. The monoisotopic (exact) mass is 211 g/mol. The van der Waals surface area contributed by atoms with Crippen LogP contribution in [0, 0.1) is 0 Å². The molecule has 1 aliphatic heterocycles. The van der Waals surface area contributed by atoms with Crippen molar-refractivity contribution in [2.24, 2.45) is 4.99 Å². The van der Waals surface area contributed by atoms with E-state index < -0.39 is 0 Å². The summed E-state index contributed by atoms with van der Waals surface area (Å²) in [7, 11) is 0. The lowest BCUT2D eigenvalue weighted by Crippen LogP contribution is -2.31. The third kappa shape index (κ3) is 5.40. The second-order valence-electron chi connectivity index (χ2n) is 3.81. The van der Waals surface area contributed by atoms with E-state index in [-0.39, 0.29) is 5.91 Å². The Bertz CT molecular complexity index is 226. The Hall–Kier alpha value is -1.06. The van der Waals surface area contributed by atoms with Crippen LogP contribution >= 0.6 is 0 Å². The van der Waals surface area contributed by atoms with Crippen molar-refractivity contribution in [3.05, 3.63) is 0 Å². The summed E-state index contributed by atoms with van der Waals surface area (Å²) in [6.07, 6.45) is 4.98. The third-order valence-electron chi connectivity index (χ3n) is 2.38. The molecule has 4 heteroatoms. The van der Waals surface area contributed by atoms with Crippen LogP contribution in [0.5, 0.6) is 0 Å². The molecule has 0 spiro atoms. The number of carbonyl (C=O) groups excluding carboxylic acids is 1. The quantitative estimate of drug-likeness (QED) is 0.715. The number of carbonyl (C=O) groups is 1. The zero-order chi connectivity index (χ0) is 10.9. The molecule has 0 atom stereocenters. The summed E-state index contributed by atoms with van der Waals surface area (Å²) in [5, 5.41) is 6.07. The van der Waals surface area contributed by atoms with Crippen molar-refractivity contribution in [2.75, 3.05) is 19.6 Å². The van der Waals surface area contributed by atoms with Crippen LogP contribution in [0.3, 0.4) is 0 Å². The largest absolute Gasteiger partial charge is 0.373 e. The maximum atomic E-state index is 11.3. The smallest absolute Gasteiger partial charge is 0.221 e. The standard InChI is InChI=1S/C11H21N3O/c1-2-7-14-11(15)6-9-13-10-5-3-4-8-12-10/h2-9H2,1H3,(H,12,13)(H,14,15). The topological polar surface area (TPSA) is 53.5 Å². The van der Waals surface area contributed by atoms with Crippen LogP contribution in [-0.2, 0) is 4.79 Å². The summed E-state index contributed by atoms with van der Waals surface area (Å²) in [6, 6.07) is 0. The molecule has 1 amide bonds. The van der Waals surface area contributed by atoms with Gasteiger partial charge in [0.1, 0.15) is 0 Å².